The van der Waals surface area contributed by atoms with Crippen LogP contribution in [0.2, 0.25) is 0 Å². The zero-order valence-electron chi connectivity index (χ0n) is 29.7. The standard InChI is InChI=1S/C43H44N4O3S/c1-5-7-25-46(37-19-13-33(29-44)14-20-37)40-23-17-35(27-31(40)3)43(39-11-9-10-12-42(39)51(48,49)50)36-18-24-41(32(4)28-36)47(26-8-6-2)38-21-15-34(30-45)16-22-38/h9-24,27-28,43H,5-8,25-26H2,1-4H3,(H,48,49,50). The van der Waals surface area contributed by atoms with E-state index in [-0.39, 0.29) is 4.90 Å². The lowest BCUT2D eigenvalue weighted by atomic mass is 9.83. The highest BCUT2D eigenvalue weighted by molar-refractivity contribution is 7.85. The summed E-state index contributed by atoms with van der Waals surface area (Å²) in [6.45, 7) is 10.0. The molecule has 0 atom stereocenters. The van der Waals surface area contributed by atoms with Gasteiger partial charge < -0.3 is 9.80 Å². The van der Waals surface area contributed by atoms with Gasteiger partial charge in [-0.3, -0.25) is 4.55 Å². The topological polar surface area (TPSA) is 108 Å². The molecule has 0 aliphatic heterocycles. The Morgan fingerprint density at radius 1 is 0.647 bits per heavy atom. The van der Waals surface area contributed by atoms with Crippen LogP contribution in [0.1, 0.15) is 84.4 Å². The molecule has 5 aromatic rings. The van der Waals surface area contributed by atoms with Gasteiger partial charge in [0, 0.05) is 41.8 Å². The van der Waals surface area contributed by atoms with Gasteiger partial charge in [0.25, 0.3) is 10.1 Å². The lowest BCUT2D eigenvalue weighted by Gasteiger charge is -2.29. The predicted molar refractivity (Wildman–Crippen MR) is 206 cm³/mol. The van der Waals surface area contributed by atoms with E-state index >= 15 is 0 Å². The Balaban J connectivity index is 1.64. The predicted octanol–water partition coefficient (Wildman–Crippen LogP) is 10.4. The number of aryl methyl sites for hydroxylation is 2. The minimum Gasteiger partial charge on any atom is -0.341 e. The van der Waals surface area contributed by atoms with Crippen LogP contribution in [0.5, 0.6) is 0 Å². The Hall–Kier alpha value is -5.41. The van der Waals surface area contributed by atoms with Crippen molar-refractivity contribution in [1.82, 2.24) is 0 Å². The van der Waals surface area contributed by atoms with Gasteiger partial charge in [-0.2, -0.15) is 18.9 Å². The largest absolute Gasteiger partial charge is 0.341 e. The first-order chi connectivity index (χ1) is 24.6. The lowest BCUT2D eigenvalue weighted by Crippen LogP contribution is -2.20. The first kappa shape index (κ1) is 36.9. The van der Waals surface area contributed by atoms with Crippen LogP contribution >= 0.6 is 0 Å². The van der Waals surface area contributed by atoms with Gasteiger partial charge in [-0.15, -0.1) is 0 Å². The maximum absolute atomic E-state index is 12.7. The van der Waals surface area contributed by atoms with E-state index in [2.05, 4.69) is 73.9 Å². The van der Waals surface area contributed by atoms with Crippen molar-refractivity contribution in [1.29, 1.82) is 10.5 Å². The smallest absolute Gasteiger partial charge is 0.294 e. The molecule has 5 rings (SSSR count). The monoisotopic (exact) mass is 696 g/mol. The highest BCUT2D eigenvalue weighted by atomic mass is 32.2. The van der Waals surface area contributed by atoms with Crippen molar-refractivity contribution >= 4 is 32.9 Å². The average molecular weight is 697 g/mol. The van der Waals surface area contributed by atoms with Crippen molar-refractivity contribution in [3.63, 3.8) is 0 Å². The summed E-state index contributed by atoms with van der Waals surface area (Å²) in [5.74, 6) is -0.498. The van der Waals surface area contributed by atoms with Crippen molar-refractivity contribution < 1.29 is 13.0 Å². The molecule has 0 saturated carbocycles. The van der Waals surface area contributed by atoms with Crippen molar-refractivity contribution in [2.45, 2.75) is 64.2 Å². The number of hydrogen-bond donors (Lipinski definition) is 1. The lowest BCUT2D eigenvalue weighted by molar-refractivity contribution is 0.482. The summed E-state index contributed by atoms with van der Waals surface area (Å²) in [7, 11) is -4.52. The second-order valence-electron chi connectivity index (χ2n) is 12.9. The summed E-state index contributed by atoms with van der Waals surface area (Å²) in [5.41, 5.74) is 9.56. The molecule has 0 aliphatic rings. The fourth-order valence-electron chi connectivity index (χ4n) is 6.67. The van der Waals surface area contributed by atoms with Gasteiger partial charge in [-0.1, -0.05) is 69.2 Å². The Bertz CT molecular complexity index is 2050. The minimum atomic E-state index is -4.52. The van der Waals surface area contributed by atoms with E-state index in [1.165, 1.54) is 6.07 Å². The molecule has 0 fully saturated rings. The molecule has 0 spiro atoms. The Kier molecular flexibility index (Phi) is 11.9. The normalized spacial score (nSPS) is 11.2. The summed E-state index contributed by atoms with van der Waals surface area (Å²) in [6.07, 6.45) is 4.01. The first-order valence-corrected chi connectivity index (χ1v) is 18.9. The molecule has 0 unspecified atom stereocenters. The van der Waals surface area contributed by atoms with Crippen LogP contribution in [0, 0.1) is 36.5 Å². The van der Waals surface area contributed by atoms with Crippen molar-refractivity contribution in [3.8, 4) is 12.1 Å². The van der Waals surface area contributed by atoms with E-state index in [4.69, 9.17) is 0 Å². The Morgan fingerprint density at radius 3 is 1.45 bits per heavy atom. The molecule has 0 aromatic heterocycles. The SMILES string of the molecule is CCCCN(c1ccc(C#N)cc1)c1ccc(C(c2ccc(N(CCCC)c3ccc(C#N)cc3)c(C)c2)c2ccccc2S(=O)(=O)O)cc1C. The summed E-state index contributed by atoms with van der Waals surface area (Å²) in [6, 6.07) is 38.7. The maximum Gasteiger partial charge on any atom is 0.294 e. The fourth-order valence-corrected chi connectivity index (χ4v) is 7.40. The molecule has 260 valence electrons. The summed E-state index contributed by atoms with van der Waals surface area (Å²) >= 11 is 0. The van der Waals surface area contributed by atoms with Gasteiger partial charge in [0.2, 0.25) is 0 Å². The molecule has 0 radical (unpaired) electrons. The van der Waals surface area contributed by atoms with Gasteiger partial charge >= 0.3 is 0 Å². The molecule has 8 heteroatoms. The quantitative estimate of drug-likeness (QED) is 0.0909. The third kappa shape index (κ3) is 8.49. The zero-order valence-corrected chi connectivity index (χ0v) is 30.5. The zero-order chi connectivity index (χ0) is 36.5. The van der Waals surface area contributed by atoms with Crippen molar-refractivity contribution in [2.24, 2.45) is 0 Å². The van der Waals surface area contributed by atoms with E-state index in [0.29, 0.717) is 16.7 Å². The molecule has 5 aromatic carbocycles. The number of benzene rings is 5. The third-order valence-corrected chi connectivity index (χ3v) is 10.2. The molecule has 51 heavy (non-hydrogen) atoms. The van der Waals surface area contributed by atoms with E-state index in [0.717, 1.165) is 83.8 Å². The second-order valence-corrected chi connectivity index (χ2v) is 14.3. The van der Waals surface area contributed by atoms with E-state index in [9.17, 15) is 23.5 Å². The van der Waals surface area contributed by atoms with Crippen LogP contribution in [0.25, 0.3) is 0 Å². The van der Waals surface area contributed by atoms with Gasteiger partial charge in [0.05, 0.1) is 28.2 Å². The minimum absolute atomic E-state index is 0.122. The number of hydrogen-bond acceptors (Lipinski definition) is 6. The van der Waals surface area contributed by atoms with Crippen molar-refractivity contribution in [2.75, 3.05) is 22.9 Å². The molecule has 0 heterocycles. The number of nitrogens with zero attached hydrogens (tertiary/aromatic N) is 4. The summed E-state index contributed by atoms with van der Waals surface area (Å²) in [5, 5.41) is 18.7. The van der Waals surface area contributed by atoms with E-state index < -0.39 is 16.0 Å². The molecule has 0 aliphatic carbocycles. The average Bonchev–Trinajstić information content (AvgIpc) is 3.13. The number of nitriles is 2. The van der Waals surface area contributed by atoms with Gasteiger partial charge in [-0.05, 0) is 121 Å². The third-order valence-electron chi connectivity index (χ3n) is 9.28. The Labute approximate surface area is 302 Å². The van der Waals surface area contributed by atoms with Crippen LogP contribution in [-0.4, -0.2) is 26.1 Å². The van der Waals surface area contributed by atoms with Crippen LogP contribution in [-0.2, 0) is 10.1 Å². The van der Waals surface area contributed by atoms with Crippen LogP contribution in [0.3, 0.4) is 0 Å². The highest BCUT2D eigenvalue weighted by Gasteiger charge is 2.27. The molecule has 0 saturated heterocycles. The van der Waals surface area contributed by atoms with Crippen molar-refractivity contribution in [3.05, 3.63) is 148 Å². The maximum atomic E-state index is 12.7. The van der Waals surface area contributed by atoms with Gasteiger partial charge in [0.15, 0.2) is 0 Å². The molecule has 1 N–H and O–H groups in total. The Morgan fingerprint density at radius 2 is 1.08 bits per heavy atom. The summed E-state index contributed by atoms with van der Waals surface area (Å²) in [4.78, 5) is 4.40. The van der Waals surface area contributed by atoms with Crippen LogP contribution in [0.4, 0.5) is 22.7 Å². The molecule has 0 bridgehead atoms. The number of unbranched alkanes of at least 4 members (excludes halogenated alkanes) is 2. The van der Waals surface area contributed by atoms with Crippen LogP contribution < -0.4 is 9.80 Å². The highest BCUT2D eigenvalue weighted by Crippen LogP contribution is 2.40. The molecule has 7 nitrogen and oxygen atoms in total. The second kappa shape index (κ2) is 16.5. The molecular weight excluding hydrogens is 653 g/mol. The van der Waals surface area contributed by atoms with Gasteiger partial charge in [0.1, 0.15) is 0 Å². The van der Waals surface area contributed by atoms with E-state index in [1.54, 1.807) is 18.2 Å². The number of anilines is 4. The summed E-state index contributed by atoms with van der Waals surface area (Å²) < 4.78 is 35.9. The van der Waals surface area contributed by atoms with E-state index in [1.807, 2.05) is 60.7 Å². The molecular formula is C43H44N4O3S. The molecule has 0 amide bonds. The fraction of sp³-hybridized carbons (Fsp3) is 0.256. The van der Waals surface area contributed by atoms with Gasteiger partial charge in [-0.25, -0.2) is 0 Å². The first-order valence-electron chi connectivity index (χ1n) is 17.4. The van der Waals surface area contributed by atoms with Crippen LogP contribution in [0.15, 0.2) is 114 Å². The number of rotatable bonds is 14.